The van der Waals surface area contributed by atoms with Crippen LogP contribution in [-0.4, -0.2) is 15.7 Å². The van der Waals surface area contributed by atoms with E-state index in [0.717, 1.165) is 0 Å². The molecule has 2 aromatic carbocycles. The number of ether oxygens (including phenoxy) is 1. The number of benzene rings is 2. The van der Waals surface area contributed by atoms with E-state index in [0.29, 0.717) is 17.4 Å². The number of hydrogen-bond acceptors (Lipinski definition) is 6. The molecule has 144 valence electrons. The number of rotatable bonds is 6. The van der Waals surface area contributed by atoms with Crippen molar-refractivity contribution in [2.24, 2.45) is 7.05 Å². The molecule has 3 aromatic rings. The van der Waals surface area contributed by atoms with Crippen LogP contribution in [0, 0.1) is 0 Å². The maximum absolute atomic E-state index is 12.6. The first-order valence-corrected chi connectivity index (χ1v) is 8.77. The molecule has 7 heteroatoms. The fourth-order valence-electron chi connectivity index (χ4n) is 2.63. The Morgan fingerprint density at radius 2 is 1.89 bits per heavy atom. The van der Waals surface area contributed by atoms with Gasteiger partial charge < -0.3 is 20.0 Å². The van der Waals surface area contributed by atoms with E-state index in [9.17, 15) is 14.7 Å². The quantitative estimate of drug-likeness (QED) is 0.708. The Morgan fingerprint density at radius 1 is 1.18 bits per heavy atom. The van der Waals surface area contributed by atoms with Crippen molar-refractivity contribution in [1.29, 1.82) is 0 Å². The average Bonchev–Trinajstić information content (AvgIpc) is 2.68. The lowest BCUT2D eigenvalue weighted by atomic mass is 10.0. The second-order valence-corrected chi connectivity index (χ2v) is 6.63. The lowest BCUT2D eigenvalue weighted by molar-refractivity contribution is -0.255. The molecule has 1 aromatic heterocycles. The number of aromatic nitrogens is 2. The Kier molecular flexibility index (Phi) is 5.44. The minimum absolute atomic E-state index is 0.00243. The molecule has 0 bridgehead atoms. The molecule has 28 heavy (non-hydrogen) atoms. The first-order chi connectivity index (χ1) is 13.3. The second kappa shape index (κ2) is 7.96. The lowest BCUT2D eigenvalue weighted by Gasteiger charge is -2.14. The van der Waals surface area contributed by atoms with E-state index in [2.05, 4.69) is 24.3 Å². The zero-order valence-corrected chi connectivity index (χ0v) is 15.8. The number of hydrogen-bond donors (Lipinski definition) is 1. The molecule has 7 nitrogen and oxygen atoms in total. The van der Waals surface area contributed by atoms with E-state index in [4.69, 9.17) is 4.74 Å². The summed E-state index contributed by atoms with van der Waals surface area (Å²) in [4.78, 5) is 23.6. The largest absolute Gasteiger partial charge is 0.545 e. The van der Waals surface area contributed by atoms with Crippen LogP contribution in [0.3, 0.4) is 0 Å². The van der Waals surface area contributed by atoms with E-state index in [-0.39, 0.29) is 17.0 Å². The van der Waals surface area contributed by atoms with Crippen LogP contribution in [0.25, 0.3) is 0 Å². The summed E-state index contributed by atoms with van der Waals surface area (Å²) in [5.74, 6) is -0.105. The standard InChI is InChI=1S/C21H21N3O4/c1-13(2)14-7-9-17(10-8-14)28-18-12-22-24(3)20(25)19(18)23-16-6-4-5-15(11-16)21(26)27/h4-13,23H,1-3H3,(H,26,27)/p-1. The second-order valence-electron chi connectivity index (χ2n) is 6.63. The summed E-state index contributed by atoms with van der Waals surface area (Å²) >= 11 is 0. The predicted molar refractivity (Wildman–Crippen MR) is 104 cm³/mol. The van der Waals surface area contributed by atoms with Crippen molar-refractivity contribution in [3.63, 3.8) is 0 Å². The first-order valence-electron chi connectivity index (χ1n) is 8.77. The van der Waals surface area contributed by atoms with Gasteiger partial charge in [-0.3, -0.25) is 4.79 Å². The fraction of sp³-hybridized carbons (Fsp3) is 0.190. The number of aryl methyl sites for hydroxylation is 1. The zero-order valence-electron chi connectivity index (χ0n) is 15.8. The third-order valence-corrected chi connectivity index (χ3v) is 4.24. The summed E-state index contributed by atoms with van der Waals surface area (Å²) in [7, 11) is 1.52. The molecular weight excluding hydrogens is 358 g/mol. The molecule has 0 unspecified atom stereocenters. The number of nitrogens with zero attached hydrogens (tertiary/aromatic N) is 2. The van der Waals surface area contributed by atoms with Gasteiger partial charge in [0.1, 0.15) is 5.75 Å². The van der Waals surface area contributed by atoms with E-state index >= 15 is 0 Å². The van der Waals surface area contributed by atoms with Crippen molar-refractivity contribution in [3.8, 4) is 11.5 Å². The third-order valence-electron chi connectivity index (χ3n) is 4.24. The fourth-order valence-corrected chi connectivity index (χ4v) is 2.63. The Balaban J connectivity index is 1.95. The topological polar surface area (TPSA) is 96.3 Å². The van der Waals surface area contributed by atoms with Gasteiger partial charge in [0.25, 0.3) is 5.56 Å². The van der Waals surface area contributed by atoms with Crippen LogP contribution in [0.2, 0.25) is 0 Å². The van der Waals surface area contributed by atoms with Gasteiger partial charge in [0, 0.05) is 12.7 Å². The highest BCUT2D eigenvalue weighted by molar-refractivity contribution is 5.87. The number of anilines is 2. The molecule has 0 aliphatic rings. The van der Waals surface area contributed by atoms with Gasteiger partial charge in [0.2, 0.25) is 0 Å². The molecular formula is C21H20N3O4-. The van der Waals surface area contributed by atoms with E-state index in [1.165, 1.54) is 35.6 Å². The third kappa shape index (κ3) is 4.20. The van der Waals surface area contributed by atoms with E-state index in [1.807, 2.05) is 24.3 Å². The number of carbonyl (C=O) groups is 1. The van der Waals surface area contributed by atoms with Crippen LogP contribution in [-0.2, 0) is 7.05 Å². The van der Waals surface area contributed by atoms with Crippen LogP contribution < -0.4 is 20.7 Å². The van der Waals surface area contributed by atoms with Gasteiger partial charge in [-0.1, -0.05) is 38.1 Å². The van der Waals surface area contributed by atoms with E-state index < -0.39 is 11.5 Å². The normalized spacial score (nSPS) is 10.7. The zero-order chi connectivity index (χ0) is 20.3. The molecule has 0 aliphatic carbocycles. The summed E-state index contributed by atoms with van der Waals surface area (Å²) in [6, 6.07) is 13.6. The summed E-state index contributed by atoms with van der Waals surface area (Å²) in [6.07, 6.45) is 1.43. The predicted octanol–water partition coefficient (Wildman–Crippen LogP) is 2.80. The van der Waals surface area contributed by atoms with Gasteiger partial charge in [-0.15, -0.1) is 0 Å². The highest BCUT2D eigenvalue weighted by Crippen LogP contribution is 2.29. The summed E-state index contributed by atoms with van der Waals surface area (Å²) in [6.45, 7) is 4.20. The minimum atomic E-state index is -1.30. The van der Waals surface area contributed by atoms with Gasteiger partial charge in [-0.05, 0) is 41.3 Å². The van der Waals surface area contributed by atoms with Crippen molar-refractivity contribution in [3.05, 3.63) is 76.2 Å². The molecule has 0 fully saturated rings. The van der Waals surface area contributed by atoms with Gasteiger partial charge in [0.15, 0.2) is 11.4 Å². The number of carboxylic acids is 1. The highest BCUT2D eigenvalue weighted by atomic mass is 16.5. The van der Waals surface area contributed by atoms with Crippen LogP contribution in [0.1, 0.15) is 35.7 Å². The van der Waals surface area contributed by atoms with Crippen molar-refractivity contribution in [1.82, 2.24) is 9.78 Å². The molecule has 0 saturated heterocycles. The SMILES string of the molecule is CC(C)c1ccc(Oc2cnn(C)c(=O)c2Nc2cccc(C(=O)[O-])c2)cc1. The van der Waals surface area contributed by atoms with E-state index in [1.54, 1.807) is 12.1 Å². The van der Waals surface area contributed by atoms with Crippen molar-refractivity contribution in [2.75, 3.05) is 5.32 Å². The summed E-state index contributed by atoms with van der Waals surface area (Å²) in [5.41, 5.74) is 1.34. The Bertz CT molecular complexity index is 1060. The summed E-state index contributed by atoms with van der Waals surface area (Å²) in [5, 5.41) is 18.0. The molecule has 3 rings (SSSR count). The van der Waals surface area contributed by atoms with Gasteiger partial charge >= 0.3 is 0 Å². The number of nitrogens with one attached hydrogen (secondary N) is 1. The molecule has 1 heterocycles. The molecule has 1 N–H and O–H groups in total. The van der Waals surface area contributed by atoms with Crippen molar-refractivity contribution < 1.29 is 14.6 Å². The van der Waals surface area contributed by atoms with Gasteiger partial charge in [-0.2, -0.15) is 5.10 Å². The van der Waals surface area contributed by atoms with Crippen LogP contribution in [0.15, 0.2) is 59.5 Å². The van der Waals surface area contributed by atoms with Crippen LogP contribution in [0.4, 0.5) is 11.4 Å². The molecule has 0 amide bonds. The Morgan fingerprint density at radius 3 is 2.54 bits per heavy atom. The molecule has 0 radical (unpaired) electrons. The summed E-state index contributed by atoms with van der Waals surface area (Å²) < 4.78 is 7.03. The number of aromatic carboxylic acids is 1. The first kappa shape index (κ1) is 19.2. The van der Waals surface area contributed by atoms with Crippen molar-refractivity contribution in [2.45, 2.75) is 19.8 Å². The Labute approximate surface area is 162 Å². The Hall–Kier alpha value is -3.61. The van der Waals surface area contributed by atoms with Crippen molar-refractivity contribution >= 4 is 17.3 Å². The van der Waals surface area contributed by atoms with Gasteiger partial charge in [0.05, 0.1) is 12.2 Å². The number of carboxylic acid groups (broad SMARTS) is 1. The van der Waals surface area contributed by atoms with Crippen LogP contribution >= 0.6 is 0 Å². The molecule has 0 atom stereocenters. The molecule has 0 saturated carbocycles. The monoisotopic (exact) mass is 378 g/mol. The molecule has 0 spiro atoms. The molecule has 0 aliphatic heterocycles. The number of carbonyl (C=O) groups excluding carboxylic acids is 1. The average molecular weight is 378 g/mol. The smallest absolute Gasteiger partial charge is 0.294 e. The maximum atomic E-state index is 12.6. The van der Waals surface area contributed by atoms with Crippen LogP contribution in [0.5, 0.6) is 11.5 Å². The highest BCUT2D eigenvalue weighted by Gasteiger charge is 2.13. The maximum Gasteiger partial charge on any atom is 0.294 e. The minimum Gasteiger partial charge on any atom is -0.545 e. The lowest BCUT2D eigenvalue weighted by Crippen LogP contribution is -2.23. The van der Waals surface area contributed by atoms with Gasteiger partial charge in [-0.25, -0.2) is 4.68 Å².